The number of hydrogen-bond donors (Lipinski definition) is 1. The standard InChI is InChI=1S/C15H16F4N2O2S/c1-8-12(20-23-13(8)15(17,18)19)10-2-3-11(24-10)14(22)21-6-4-9(16)5-7-21/h2-3,9,14,22H,4-7H2,1H3. The summed E-state index contributed by atoms with van der Waals surface area (Å²) in [5.74, 6) is -1.11. The maximum Gasteiger partial charge on any atom is 0.452 e. The minimum atomic E-state index is -4.59. The maximum atomic E-state index is 13.2. The molecule has 0 saturated carbocycles. The van der Waals surface area contributed by atoms with Crippen LogP contribution >= 0.6 is 11.3 Å². The molecule has 4 nitrogen and oxygen atoms in total. The quantitative estimate of drug-likeness (QED) is 0.831. The van der Waals surface area contributed by atoms with Gasteiger partial charge in [-0.3, -0.25) is 4.90 Å². The third-order valence-electron chi connectivity index (χ3n) is 4.10. The molecule has 0 aliphatic carbocycles. The van der Waals surface area contributed by atoms with E-state index in [-0.39, 0.29) is 11.3 Å². The summed E-state index contributed by atoms with van der Waals surface area (Å²) in [6.45, 7) is 2.18. The van der Waals surface area contributed by atoms with E-state index in [4.69, 9.17) is 0 Å². The third-order valence-corrected chi connectivity index (χ3v) is 5.23. The summed E-state index contributed by atoms with van der Waals surface area (Å²) < 4.78 is 55.9. The van der Waals surface area contributed by atoms with E-state index in [0.29, 0.717) is 35.7 Å². The van der Waals surface area contributed by atoms with Crippen LogP contribution < -0.4 is 0 Å². The normalized spacial score (nSPS) is 18.9. The van der Waals surface area contributed by atoms with Gasteiger partial charge in [0.15, 0.2) is 0 Å². The van der Waals surface area contributed by atoms with Gasteiger partial charge in [-0.15, -0.1) is 11.3 Å². The average molecular weight is 364 g/mol. The molecule has 1 aliphatic heterocycles. The molecule has 3 heterocycles. The summed E-state index contributed by atoms with van der Waals surface area (Å²) in [7, 11) is 0. The predicted molar refractivity (Wildman–Crippen MR) is 80.2 cm³/mol. The largest absolute Gasteiger partial charge is 0.452 e. The molecule has 2 aromatic rings. The number of piperidine rings is 1. The van der Waals surface area contributed by atoms with Crippen molar-refractivity contribution >= 4 is 11.3 Å². The number of aromatic nitrogens is 1. The van der Waals surface area contributed by atoms with Crippen molar-refractivity contribution < 1.29 is 27.2 Å². The highest BCUT2D eigenvalue weighted by molar-refractivity contribution is 7.15. The average Bonchev–Trinajstić information content (AvgIpc) is 3.13. The van der Waals surface area contributed by atoms with E-state index >= 15 is 0 Å². The third kappa shape index (κ3) is 3.33. The Hall–Kier alpha value is -1.45. The second-order valence-corrected chi connectivity index (χ2v) is 6.88. The summed E-state index contributed by atoms with van der Waals surface area (Å²) >= 11 is 1.15. The predicted octanol–water partition coefficient (Wildman–Crippen LogP) is 4.16. The second kappa shape index (κ2) is 6.45. The fraction of sp³-hybridized carbons (Fsp3) is 0.533. The number of halogens is 4. The Morgan fingerprint density at radius 2 is 2.00 bits per heavy atom. The lowest BCUT2D eigenvalue weighted by atomic mass is 10.1. The van der Waals surface area contributed by atoms with E-state index in [1.165, 1.54) is 6.92 Å². The minimum Gasteiger partial charge on any atom is -0.373 e. The Morgan fingerprint density at radius 3 is 2.58 bits per heavy atom. The lowest BCUT2D eigenvalue weighted by molar-refractivity contribution is -0.156. The van der Waals surface area contributed by atoms with Crippen molar-refractivity contribution in [2.75, 3.05) is 13.1 Å². The van der Waals surface area contributed by atoms with Gasteiger partial charge in [0.1, 0.15) is 18.1 Å². The first-order chi connectivity index (χ1) is 11.3. The molecule has 1 saturated heterocycles. The monoisotopic (exact) mass is 364 g/mol. The lowest BCUT2D eigenvalue weighted by Crippen LogP contribution is -2.37. The van der Waals surface area contributed by atoms with Gasteiger partial charge >= 0.3 is 6.18 Å². The second-order valence-electron chi connectivity index (χ2n) is 5.77. The number of alkyl halides is 4. The summed E-state index contributed by atoms with van der Waals surface area (Å²) in [6.07, 6.45) is -5.60. The molecule has 9 heteroatoms. The molecule has 0 amide bonds. The molecule has 1 unspecified atom stereocenters. The molecule has 0 radical (unpaired) electrons. The van der Waals surface area contributed by atoms with Gasteiger partial charge in [0.05, 0.1) is 4.88 Å². The zero-order chi connectivity index (χ0) is 17.5. The smallest absolute Gasteiger partial charge is 0.373 e. The Kier molecular flexibility index (Phi) is 4.67. The van der Waals surface area contributed by atoms with Crippen LogP contribution in [0.25, 0.3) is 10.6 Å². The maximum absolute atomic E-state index is 13.2. The summed E-state index contributed by atoms with van der Waals surface area (Å²) in [5, 5.41) is 13.9. The van der Waals surface area contributed by atoms with Gasteiger partial charge in [0.25, 0.3) is 0 Å². The van der Waals surface area contributed by atoms with Crippen molar-refractivity contribution in [3.8, 4) is 10.6 Å². The van der Waals surface area contributed by atoms with Gasteiger partial charge in [-0.25, -0.2) is 4.39 Å². The van der Waals surface area contributed by atoms with Gasteiger partial charge in [-0.1, -0.05) is 5.16 Å². The summed E-state index contributed by atoms with van der Waals surface area (Å²) in [4.78, 5) is 2.82. The SMILES string of the molecule is Cc1c(-c2ccc(C(O)N3CCC(F)CC3)s2)noc1C(F)(F)F. The molecule has 0 aromatic carbocycles. The number of thiophene rings is 1. The zero-order valence-electron chi connectivity index (χ0n) is 12.8. The molecular weight excluding hydrogens is 348 g/mol. The Bertz CT molecular complexity index is 705. The van der Waals surface area contributed by atoms with Crippen LogP contribution in [0.15, 0.2) is 16.7 Å². The molecule has 1 N–H and O–H groups in total. The summed E-state index contributed by atoms with van der Waals surface area (Å²) in [6, 6.07) is 3.25. The number of aliphatic hydroxyl groups excluding tert-OH is 1. The number of nitrogens with zero attached hydrogens (tertiary/aromatic N) is 2. The molecule has 132 valence electrons. The highest BCUT2D eigenvalue weighted by Gasteiger charge is 2.39. The first kappa shape index (κ1) is 17.4. The Morgan fingerprint density at radius 1 is 1.33 bits per heavy atom. The molecular formula is C15H16F4N2O2S. The lowest BCUT2D eigenvalue weighted by Gasteiger charge is -2.31. The highest BCUT2D eigenvalue weighted by Crippen LogP contribution is 2.39. The van der Waals surface area contributed by atoms with Crippen LogP contribution in [0.5, 0.6) is 0 Å². The van der Waals surface area contributed by atoms with Crippen LogP contribution in [0, 0.1) is 6.92 Å². The number of likely N-dealkylation sites (tertiary alicyclic amines) is 1. The van der Waals surface area contributed by atoms with Gasteiger partial charge in [0, 0.05) is 23.5 Å². The van der Waals surface area contributed by atoms with E-state index in [2.05, 4.69) is 9.68 Å². The number of rotatable bonds is 3. The molecule has 1 aliphatic rings. The summed E-state index contributed by atoms with van der Waals surface area (Å²) in [5.41, 5.74) is 0.0388. The van der Waals surface area contributed by atoms with E-state index in [0.717, 1.165) is 11.3 Å². The van der Waals surface area contributed by atoms with Crippen molar-refractivity contribution in [2.45, 2.75) is 38.3 Å². The van der Waals surface area contributed by atoms with Gasteiger partial charge in [-0.05, 0) is 31.9 Å². The van der Waals surface area contributed by atoms with Gasteiger partial charge < -0.3 is 9.63 Å². The molecule has 1 atom stereocenters. The van der Waals surface area contributed by atoms with E-state index < -0.39 is 24.3 Å². The van der Waals surface area contributed by atoms with Crippen LogP contribution in [0.2, 0.25) is 0 Å². The zero-order valence-corrected chi connectivity index (χ0v) is 13.6. The van der Waals surface area contributed by atoms with Gasteiger partial charge in [-0.2, -0.15) is 13.2 Å². The molecule has 0 spiro atoms. The van der Waals surface area contributed by atoms with Crippen LogP contribution in [0.1, 0.15) is 35.3 Å². The van der Waals surface area contributed by atoms with Crippen LogP contribution in [-0.2, 0) is 6.18 Å². The van der Waals surface area contributed by atoms with Crippen molar-refractivity contribution in [1.82, 2.24) is 10.1 Å². The first-order valence-corrected chi connectivity index (χ1v) is 8.28. The van der Waals surface area contributed by atoms with Crippen molar-refractivity contribution in [1.29, 1.82) is 0 Å². The van der Waals surface area contributed by atoms with Crippen LogP contribution in [-0.4, -0.2) is 34.4 Å². The van der Waals surface area contributed by atoms with E-state index in [1.807, 2.05) is 0 Å². The number of aliphatic hydroxyl groups is 1. The molecule has 24 heavy (non-hydrogen) atoms. The van der Waals surface area contributed by atoms with E-state index in [9.17, 15) is 22.7 Å². The van der Waals surface area contributed by atoms with E-state index in [1.54, 1.807) is 17.0 Å². The van der Waals surface area contributed by atoms with Crippen molar-refractivity contribution in [3.05, 3.63) is 28.3 Å². The van der Waals surface area contributed by atoms with Crippen molar-refractivity contribution in [3.63, 3.8) is 0 Å². The Balaban J connectivity index is 1.80. The highest BCUT2D eigenvalue weighted by atomic mass is 32.1. The Labute approximate surface area is 139 Å². The molecule has 1 fully saturated rings. The van der Waals surface area contributed by atoms with Crippen molar-refractivity contribution in [2.24, 2.45) is 0 Å². The molecule has 0 bridgehead atoms. The topological polar surface area (TPSA) is 49.5 Å². The fourth-order valence-electron chi connectivity index (χ4n) is 2.74. The molecule has 2 aromatic heterocycles. The van der Waals surface area contributed by atoms with Gasteiger partial charge in [0.2, 0.25) is 5.76 Å². The molecule has 3 rings (SSSR count). The minimum absolute atomic E-state index is 0.0800. The fourth-order valence-corrected chi connectivity index (χ4v) is 3.81. The first-order valence-electron chi connectivity index (χ1n) is 7.47. The number of hydrogen-bond acceptors (Lipinski definition) is 5. The van der Waals surface area contributed by atoms with Crippen LogP contribution in [0.3, 0.4) is 0 Å². The van der Waals surface area contributed by atoms with Crippen LogP contribution in [0.4, 0.5) is 17.6 Å².